The normalized spacial score (nSPS) is 11.3. The standard InChI is InChI=1S/C21H35NO2.C7H8O3S.2H3N/c1-2-3-4-5-6-7-8-9-10-14-17-22-20(21(23)24)18-19-15-12-11-13-16-19;1-6-2-4-7(5-3-6)11(8,9)10;;/h11-13,15-16,20,22H,2-10,14,17-18H2,1H3,(H,23,24);2-5H,1H3,(H,8,9,10);2*1H3/t20-;;;/m1.../s1. The summed E-state index contributed by atoms with van der Waals surface area (Å²) in [4.78, 5) is 11.1. The largest absolute Gasteiger partial charge is 0.744 e. The minimum Gasteiger partial charge on any atom is -0.744 e. The first-order chi connectivity index (χ1) is 16.7. The van der Waals surface area contributed by atoms with Crippen molar-refractivity contribution in [3.05, 3.63) is 65.7 Å². The molecular formula is C28H49N3O5S. The zero-order chi connectivity index (χ0) is 25.9. The monoisotopic (exact) mass is 539 g/mol. The number of nitrogens with one attached hydrogen (secondary N) is 1. The van der Waals surface area contributed by atoms with E-state index in [1.807, 2.05) is 37.3 Å². The Hall–Kier alpha value is -2.30. The van der Waals surface area contributed by atoms with Crippen molar-refractivity contribution >= 4 is 16.1 Å². The number of quaternary nitrogens is 2. The van der Waals surface area contributed by atoms with E-state index < -0.39 is 22.1 Å². The second-order valence-corrected chi connectivity index (χ2v) is 10.3. The van der Waals surface area contributed by atoms with Crippen LogP contribution in [-0.2, 0) is 21.3 Å². The second-order valence-electron chi connectivity index (χ2n) is 8.96. The van der Waals surface area contributed by atoms with Crippen LogP contribution in [0.4, 0.5) is 0 Å². The summed E-state index contributed by atoms with van der Waals surface area (Å²) in [5.74, 6) is -1.01. The third kappa shape index (κ3) is 18.6. The predicted octanol–water partition coefficient (Wildman–Crippen LogP) is 5.51. The van der Waals surface area contributed by atoms with Gasteiger partial charge >= 0.3 is 0 Å². The van der Waals surface area contributed by atoms with Gasteiger partial charge in [-0.15, -0.1) is 0 Å². The molecule has 0 fully saturated rings. The van der Waals surface area contributed by atoms with Gasteiger partial charge in [-0.05, 0) is 44.0 Å². The van der Waals surface area contributed by atoms with Gasteiger partial charge in [-0.2, -0.15) is 0 Å². The Kier molecular flexibility index (Phi) is 21.7. The fraction of sp³-hybridized carbons (Fsp3) is 0.536. The number of hydrogen-bond acceptors (Lipinski definition) is 6. The lowest BCUT2D eigenvalue weighted by atomic mass is 10.1. The molecule has 0 radical (unpaired) electrons. The van der Waals surface area contributed by atoms with Crippen LogP contribution >= 0.6 is 0 Å². The predicted molar refractivity (Wildman–Crippen MR) is 150 cm³/mol. The third-order valence-electron chi connectivity index (χ3n) is 5.80. The Morgan fingerprint density at radius 3 is 1.76 bits per heavy atom. The van der Waals surface area contributed by atoms with Crippen molar-refractivity contribution in [3.8, 4) is 0 Å². The maximum atomic E-state index is 11.2. The summed E-state index contributed by atoms with van der Waals surface area (Å²) in [5.41, 5.74) is 1.96. The Morgan fingerprint density at radius 2 is 1.30 bits per heavy atom. The van der Waals surface area contributed by atoms with E-state index in [4.69, 9.17) is 0 Å². The third-order valence-corrected chi connectivity index (χ3v) is 6.65. The van der Waals surface area contributed by atoms with Crippen molar-refractivity contribution in [2.24, 2.45) is 0 Å². The molecule has 0 bridgehead atoms. The molecule has 0 saturated heterocycles. The van der Waals surface area contributed by atoms with Crippen molar-refractivity contribution in [2.75, 3.05) is 6.54 Å². The lowest BCUT2D eigenvalue weighted by molar-refractivity contribution is -0.308. The van der Waals surface area contributed by atoms with Gasteiger partial charge in [0.25, 0.3) is 0 Å². The molecule has 0 saturated carbocycles. The minimum atomic E-state index is -4.27. The van der Waals surface area contributed by atoms with E-state index in [0.29, 0.717) is 6.42 Å². The van der Waals surface area contributed by atoms with Gasteiger partial charge in [0.1, 0.15) is 10.1 Å². The minimum absolute atomic E-state index is 0. The van der Waals surface area contributed by atoms with E-state index in [-0.39, 0.29) is 17.2 Å². The number of carboxylic acid groups (broad SMARTS) is 1. The number of carbonyl (C=O) groups is 1. The molecule has 2 aromatic rings. The summed E-state index contributed by atoms with van der Waals surface area (Å²) in [6, 6.07) is 14.9. The molecule has 212 valence electrons. The first kappa shape index (κ1) is 36.9. The van der Waals surface area contributed by atoms with Crippen molar-refractivity contribution in [1.29, 1.82) is 0 Å². The van der Waals surface area contributed by atoms with Gasteiger partial charge in [0.05, 0.1) is 16.9 Å². The van der Waals surface area contributed by atoms with Gasteiger partial charge in [-0.25, -0.2) is 8.42 Å². The Bertz CT molecular complexity index is 923. The highest BCUT2D eigenvalue weighted by Crippen LogP contribution is 2.11. The van der Waals surface area contributed by atoms with E-state index in [1.165, 1.54) is 69.9 Å². The van der Waals surface area contributed by atoms with Gasteiger partial charge in [-0.1, -0.05) is 113 Å². The first-order valence-corrected chi connectivity index (χ1v) is 14.2. The molecule has 0 spiro atoms. The lowest BCUT2D eigenvalue weighted by Gasteiger charge is -2.19. The summed E-state index contributed by atoms with van der Waals surface area (Å²) < 4.78 is 31.2. The molecule has 8 nitrogen and oxygen atoms in total. The topological polar surface area (TPSA) is 182 Å². The molecule has 0 heterocycles. The molecule has 37 heavy (non-hydrogen) atoms. The molecule has 9 heteroatoms. The highest BCUT2D eigenvalue weighted by Gasteiger charge is 2.09. The first-order valence-electron chi connectivity index (χ1n) is 12.7. The van der Waals surface area contributed by atoms with Crippen LogP contribution in [0.5, 0.6) is 0 Å². The number of aliphatic carboxylic acids is 1. The van der Waals surface area contributed by atoms with Gasteiger partial charge in [0, 0.05) is 0 Å². The van der Waals surface area contributed by atoms with Gasteiger partial charge in [-0.3, -0.25) is 0 Å². The van der Waals surface area contributed by atoms with Crippen LogP contribution in [0.25, 0.3) is 0 Å². The molecule has 9 N–H and O–H groups in total. The van der Waals surface area contributed by atoms with Crippen molar-refractivity contribution < 1.29 is 22.9 Å². The van der Waals surface area contributed by atoms with Crippen LogP contribution in [0.1, 0.15) is 82.3 Å². The highest BCUT2D eigenvalue weighted by atomic mass is 32.2. The molecule has 2 aromatic carbocycles. The van der Waals surface area contributed by atoms with E-state index in [0.717, 1.165) is 24.1 Å². The Labute approximate surface area is 224 Å². The second kappa shape index (κ2) is 21.8. The number of aryl methyl sites for hydroxylation is 1. The molecule has 0 aromatic heterocycles. The van der Waals surface area contributed by atoms with Crippen LogP contribution in [-0.4, -0.2) is 31.5 Å². The molecule has 1 atom stereocenters. The zero-order valence-electron chi connectivity index (χ0n) is 23.2. The van der Waals surface area contributed by atoms with Crippen LogP contribution in [0.3, 0.4) is 0 Å². The molecule has 2 rings (SSSR count). The summed E-state index contributed by atoms with van der Waals surface area (Å²) in [6.45, 7) is 4.82. The van der Waals surface area contributed by atoms with E-state index >= 15 is 0 Å². The van der Waals surface area contributed by atoms with Crippen LogP contribution in [0.15, 0.2) is 59.5 Å². The number of carboxylic acids is 1. The number of hydrogen-bond donors (Lipinski definition) is 3. The average molecular weight is 540 g/mol. The summed E-state index contributed by atoms with van der Waals surface area (Å²) in [5, 5.41) is 14.4. The molecule has 0 unspecified atom stereocenters. The number of carbonyl (C=O) groups excluding carboxylic acids is 1. The quantitative estimate of drug-likeness (QED) is 0.186. The molecule has 0 aliphatic rings. The Morgan fingerprint density at radius 1 is 0.811 bits per heavy atom. The zero-order valence-corrected chi connectivity index (χ0v) is 24.0. The molecule has 0 aliphatic heterocycles. The maximum absolute atomic E-state index is 11.2. The average Bonchev–Trinajstić information content (AvgIpc) is 2.82. The fourth-order valence-corrected chi connectivity index (χ4v) is 4.15. The van der Waals surface area contributed by atoms with E-state index in [2.05, 4.69) is 12.2 Å². The molecular weight excluding hydrogens is 490 g/mol. The molecule has 0 amide bonds. The highest BCUT2D eigenvalue weighted by molar-refractivity contribution is 7.85. The van der Waals surface area contributed by atoms with Crippen LogP contribution in [0.2, 0.25) is 0 Å². The lowest BCUT2D eigenvalue weighted by Crippen LogP contribution is -2.47. The maximum Gasteiger partial charge on any atom is 0.124 e. The van der Waals surface area contributed by atoms with Crippen LogP contribution < -0.4 is 22.7 Å². The summed E-state index contributed by atoms with van der Waals surface area (Å²) in [6.07, 6.45) is 13.4. The summed E-state index contributed by atoms with van der Waals surface area (Å²) >= 11 is 0. The van der Waals surface area contributed by atoms with Crippen LogP contribution in [0, 0.1) is 6.92 Å². The molecule has 0 aliphatic carbocycles. The number of benzene rings is 2. The van der Waals surface area contributed by atoms with Gasteiger partial charge in [0.2, 0.25) is 0 Å². The number of rotatable bonds is 16. The van der Waals surface area contributed by atoms with Crippen molar-refractivity contribution in [3.63, 3.8) is 0 Å². The van der Waals surface area contributed by atoms with E-state index in [9.17, 15) is 22.9 Å². The van der Waals surface area contributed by atoms with Gasteiger partial charge in [0.15, 0.2) is 0 Å². The fourth-order valence-electron chi connectivity index (χ4n) is 3.68. The van der Waals surface area contributed by atoms with E-state index in [1.54, 1.807) is 12.1 Å². The van der Waals surface area contributed by atoms with Gasteiger partial charge < -0.3 is 32.1 Å². The van der Waals surface area contributed by atoms with Crippen molar-refractivity contribution in [2.45, 2.75) is 95.4 Å². The number of unbranched alkanes of at least 4 members (excludes halogenated alkanes) is 9. The summed E-state index contributed by atoms with van der Waals surface area (Å²) in [7, 11) is -4.27. The SMILES string of the molecule is CCCCCCCCCCCCN[C@H](Cc1ccccc1)C(=O)[O-].Cc1ccc(S(=O)(=O)[O-])cc1.[NH4+].[NH4+]. The Balaban J connectivity index is 0. The smallest absolute Gasteiger partial charge is 0.124 e. The van der Waals surface area contributed by atoms with Crippen molar-refractivity contribution in [1.82, 2.24) is 17.6 Å².